The van der Waals surface area contributed by atoms with E-state index in [1.54, 1.807) is 35.1 Å². The number of amides is 2. The topological polar surface area (TPSA) is 66.0 Å². The van der Waals surface area contributed by atoms with E-state index in [-0.39, 0.29) is 11.8 Å². The van der Waals surface area contributed by atoms with Gasteiger partial charge in [0.05, 0.1) is 0 Å². The molecule has 0 bridgehead atoms. The molecule has 1 aromatic rings. The van der Waals surface area contributed by atoms with Crippen molar-refractivity contribution in [2.75, 3.05) is 44.7 Å². The van der Waals surface area contributed by atoms with E-state index in [2.05, 4.69) is 16.8 Å². The zero-order chi connectivity index (χ0) is 18.0. The first-order valence-electron chi connectivity index (χ1n) is 8.91. The van der Waals surface area contributed by atoms with Crippen molar-refractivity contribution in [3.63, 3.8) is 0 Å². The summed E-state index contributed by atoms with van der Waals surface area (Å²) in [4.78, 5) is 36.1. The molecule has 136 valence electrons. The minimum Gasteiger partial charge on any atom is -0.464 e. The van der Waals surface area contributed by atoms with Gasteiger partial charge in [0.1, 0.15) is 0 Å². The molecule has 0 radical (unpaired) electrons. The number of aromatic nitrogens is 1. The number of ether oxygens (including phenoxy) is 1. The number of hydrogen-bond acceptors (Lipinski definition) is 5. The van der Waals surface area contributed by atoms with Gasteiger partial charge in [-0.3, -0.25) is 14.5 Å². The van der Waals surface area contributed by atoms with Gasteiger partial charge in [-0.2, -0.15) is 0 Å². The summed E-state index contributed by atoms with van der Waals surface area (Å²) in [5, 5.41) is 0. The number of likely N-dealkylation sites (N-methyl/N-ethyl adjacent to an activating group) is 1. The number of fused-ring (bicyclic) bond motifs is 1. The molecule has 0 aliphatic carbocycles. The Morgan fingerprint density at radius 2 is 2.04 bits per heavy atom. The summed E-state index contributed by atoms with van der Waals surface area (Å²) in [7, 11) is 2.03. The van der Waals surface area contributed by atoms with Crippen LogP contribution in [0.15, 0.2) is 18.3 Å². The third-order valence-electron chi connectivity index (χ3n) is 4.91. The summed E-state index contributed by atoms with van der Waals surface area (Å²) < 4.78 is 5.93. The monoisotopic (exact) mass is 346 g/mol. The van der Waals surface area contributed by atoms with Crippen LogP contribution in [-0.4, -0.2) is 72.0 Å². The van der Waals surface area contributed by atoms with Crippen LogP contribution < -0.4 is 9.64 Å². The van der Waals surface area contributed by atoms with Crippen LogP contribution >= 0.6 is 0 Å². The number of unbranched alkanes of at least 4 members (excludes halogenated alkanes) is 1. The van der Waals surface area contributed by atoms with Gasteiger partial charge in [-0.25, -0.2) is 4.98 Å². The molecule has 25 heavy (non-hydrogen) atoms. The molecule has 3 rings (SSSR count). The summed E-state index contributed by atoms with van der Waals surface area (Å²) in [5.74, 6) is 0.408. The fraction of sp³-hybridized carbons (Fsp3) is 0.611. The van der Waals surface area contributed by atoms with Crippen molar-refractivity contribution >= 4 is 17.6 Å². The predicted octanol–water partition coefficient (Wildman–Crippen LogP) is 1.14. The maximum absolute atomic E-state index is 13.2. The molecule has 7 nitrogen and oxygen atoms in total. The van der Waals surface area contributed by atoms with Gasteiger partial charge >= 0.3 is 0 Å². The lowest BCUT2D eigenvalue weighted by molar-refractivity contribution is -0.157. The summed E-state index contributed by atoms with van der Waals surface area (Å²) >= 11 is 0. The van der Waals surface area contributed by atoms with Gasteiger partial charge in [0, 0.05) is 38.9 Å². The first-order valence-corrected chi connectivity index (χ1v) is 8.91. The van der Waals surface area contributed by atoms with Crippen LogP contribution in [0.5, 0.6) is 5.75 Å². The Bertz CT molecular complexity index is 657. The van der Waals surface area contributed by atoms with E-state index in [0.29, 0.717) is 31.2 Å². The van der Waals surface area contributed by atoms with Crippen molar-refractivity contribution in [1.29, 1.82) is 0 Å². The lowest BCUT2D eigenvalue weighted by atomic mass is 9.99. The predicted molar refractivity (Wildman–Crippen MR) is 94.6 cm³/mol. The van der Waals surface area contributed by atoms with Crippen LogP contribution in [0.1, 0.15) is 26.7 Å². The lowest BCUT2D eigenvalue weighted by Crippen LogP contribution is -2.64. The van der Waals surface area contributed by atoms with Crippen molar-refractivity contribution < 1.29 is 14.3 Å². The third-order valence-corrected chi connectivity index (χ3v) is 4.91. The van der Waals surface area contributed by atoms with Gasteiger partial charge in [-0.05, 0) is 32.5 Å². The third kappa shape index (κ3) is 3.20. The average molecular weight is 346 g/mol. The molecular weight excluding hydrogens is 320 g/mol. The molecule has 1 atom stereocenters. The van der Waals surface area contributed by atoms with E-state index < -0.39 is 5.60 Å². The number of hydrogen-bond donors (Lipinski definition) is 0. The van der Waals surface area contributed by atoms with Gasteiger partial charge in [0.25, 0.3) is 17.4 Å². The molecule has 7 heteroatoms. The van der Waals surface area contributed by atoms with E-state index in [4.69, 9.17) is 4.74 Å². The smallest absolute Gasteiger partial charge is 0.282 e. The summed E-state index contributed by atoms with van der Waals surface area (Å²) in [6.07, 6.45) is 3.44. The summed E-state index contributed by atoms with van der Waals surface area (Å²) in [6.45, 7) is 7.01. The van der Waals surface area contributed by atoms with E-state index in [1.165, 1.54) is 0 Å². The molecule has 1 saturated heterocycles. The molecule has 1 aromatic heterocycles. The van der Waals surface area contributed by atoms with Crippen LogP contribution in [-0.2, 0) is 9.59 Å². The zero-order valence-corrected chi connectivity index (χ0v) is 15.2. The number of anilines is 1. The molecular formula is C18H26N4O3. The van der Waals surface area contributed by atoms with E-state index in [9.17, 15) is 9.59 Å². The second-order valence-corrected chi connectivity index (χ2v) is 6.87. The number of pyridine rings is 1. The summed E-state index contributed by atoms with van der Waals surface area (Å²) in [6, 6.07) is 3.52. The molecule has 3 heterocycles. The minimum absolute atomic E-state index is 0.262. The molecule has 2 aliphatic rings. The Balaban J connectivity index is 1.90. The van der Waals surface area contributed by atoms with Crippen molar-refractivity contribution in [2.24, 2.45) is 0 Å². The zero-order valence-electron chi connectivity index (χ0n) is 15.2. The quantitative estimate of drug-likeness (QED) is 0.765. The Labute approximate surface area is 148 Å². The molecule has 0 aromatic carbocycles. The standard InChI is InChI=1S/C18H26N4O3/c1-4-5-9-22-15-14(7-6-8-19-15)25-18(2,17(22)24)16(23)21-12-10-20(3)11-13-21/h6-8H,4-5,9-13H2,1-3H3/t18-/m0/s1. The largest absolute Gasteiger partial charge is 0.464 e. The van der Waals surface area contributed by atoms with Crippen molar-refractivity contribution in [3.8, 4) is 5.75 Å². The Morgan fingerprint density at radius 3 is 2.72 bits per heavy atom. The number of carbonyl (C=O) groups excluding carboxylic acids is 2. The van der Waals surface area contributed by atoms with Crippen LogP contribution in [0.2, 0.25) is 0 Å². The summed E-state index contributed by atoms with van der Waals surface area (Å²) in [5.41, 5.74) is -1.53. The van der Waals surface area contributed by atoms with Crippen LogP contribution in [0, 0.1) is 0 Å². The Morgan fingerprint density at radius 1 is 1.32 bits per heavy atom. The molecule has 2 amide bonds. The van der Waals surface area contributed by atoms with Crippen molar-refractivity contribution in [1.82, 2.24) is 14.8 Å². The molecule has 0 saturated carbocycles. The van der Waals surface area contributed by atoms with Crippen LogP contribution in [0.3, 0.4) is 0 Å². The minimum atomic E-state index is -1.53. The molecule has 1 fully saturated rings. The van der Waals surface area contributed by atoms with E-state index in [1.807, 2.05) is 7.05 Å². The van der Waals surface area contributed by atoms with Gasteiger partial charge in [-0.15, -0.1) is 0 Å². The molecule has 0 unspecified atom stereocenters. The van der Waals surface area contributed by atoms with Crippen LogP contribution in [0.4, 0.5) is 5.82 Å². The molecule has 0 spiro atoms. The number of rotatable bonds is 4. The SMILES string of the molecule is CCCCN1C(=O)[C@](C)(C(=O)N2CCN(C)CC2)Oc2cccnc21. The van der Waals surface area contributed by atoms with Crippen molar-refractivity contribution in [2.45, 2.75) is 32.3 Å². The van der Waals surface area contributed by atoms with E-state index in [0.717, 1.165) is 25.9 Å². The second kappa shape index (κ2) is 7.00. The average Bonchev–Trinajstić information content (AvgIpc) is 2.62. The fourth-order valence-electron chi connectivity index (χ4n) is 3.25. The number of piperazine rings is 1. The lowest BCUT2D eigenvalue weighted by Gasteiger charge is -2.42. The second-order valence-electron chi connectivity index (χ2n) is 6.87. The fourth-order valence-corrected chi connectivity index (χ4v) is 3.25. The molecule has 0 N–H and O–H groups in total. The highest BCUT2D eigenvalue weighted by atomic mass is 16.5. The number of nitrogens with zero attached hydrogens (tertiary/aromatic N) is 4. The highest BCUT2D eigenvalue weighted by molar-refractivity contribution is 6.16. The Hall–Kier alpha value is -2.15. The van der Waals surface area contributed by atoms with Gasteiger partial charge < -0.3 is 14.5 Å². The highest BCUT2D eigenvalue weighted by Crippen LogP contribution is 2.37. The van der Waals surface area contributed by atoms with E-state index >= 15 is 0 Å². The Kier molecular flexibility index (Phi) is 4.94. The normalized spacial score (nSPS) is 24.0. The van der Waals surface area contributed by atoms with Crippen LogP contribution in [0.25, 0.3) is 0 Å². The van der Waals surface area contributed by atoms with Gasteiger partial charge in [0.15, 0.2) is 11.6 Å². The maximum atomic E-state index is 13.2. The number of carbonyl (C=O) groups is 2. The first kappa shape index (κ1) is 17.7. The first-order chi connectivity index (χ1) is 12.0. The van der Waals surface area contributed by atoms with Gasteiger partial charge in [-0.1, -0.05) is 13.3 Å². The van der Waals surface area contributed by atoms with Gasteiger partial charge in [0.2, 0.25) is 0 Å². The van der Waals surface area contributed by atoms with Crippen molar-refractivity contribution in [3.05, 3.63) is 18.3 Å². The highest BCUT2D eigenvalue weighted by Gasteiger charge is 2.52. The maximum Gasteiger partial charge on any atom is 0.282 e. The molecule has 2 aliphatic heterocycles.